The molecule has 0 unspecified atom stereocenters. The fourth-order valence-corrected chi connectivity index (χ4v) is 3.81. The molecule has 3 rings (SSSR count). The van der Waals surface area contributed by atoms with Crippen LogP contribution in [-0.4, -0.2) is 10.2 Å². The smallest absolute Gasteiger partial charge is 0.306 e. The molecule has 0 radical (unpaired) electrons. The summed E-state index contributed by atoms with van der Waals surface area (Å²) in [6.45, 7) is 5.24. The second-order valence-electron chi connectivity index (χ2n) is 7.56. The van der Waals surface area contributed by atoms with E-state index in [-0.39, 0.29) is 11.1 Å². The summed E-state index contributed by atoms with van der Waals surface area (Å²) in [7, 11) is 0. The molecule has 3 aromatic rings. The van der Waals surface area contributed by atoms with Crippen molar-refractivity contribution in [2.24, 2.45) is 0 Å². The SMILES string of the molecule is C=Cc1ccc(C(C)(c2ccc(C(F)=C(F)F)cc2O)c2ccc(C(F)=C(F)F)cc2O)cc1. The first-order valence-corrected chi connectivity index (χ1v) is 9.83. The summed E-state index contributed by atoms with van der Waals surface area (Å²) < 4.78 is 78.2. The van der Waals surface area contributed by atoms with Crippen LogP contribution in [0.5, 0.6) is 11.5 Å². The van der Waals surface area contributed by atoms with E-state index in [1.165, 1.54) is 12.1 Å². The number of rotatable bonds is 6. The van der Waals surface area contributed by atoms with Crippen LogP contribution in [-0.2, 0) is 5.41 Å². The minimum absolute atomic E-state index is 0.0883. The highest BCUT2D eigenvalue weighted by molar-refractivity contribution is 5.68. The standard InChI is InChI=1S/C26H18F6O2/c1-3-14-4-8-17(9-5-14)26(2,18-10-6-15(12-20(18)33)22(27)24(29)30)19-11-7-16(13-21(19)34)23(28)25(31)32/h3-13,33-34H,1H2,2H3. The van der Waals surface area contributed by atoms with E-state index in [0.29, 0.717) is 5.56 Å². The highest BCUT2D eigenvalue weighted by Crippen LogP contribution is 2.47. The van der Waals surface area contributed by atoms with Gasteiger partial charge in [-0.25, -0.2) is 8.78 Å². The van der Waals surface area contributed by atoms with Crippen LogP contribution in [0.4, 0.5) is 26.3 Å². The molecule has 0 aromatic heterocycles. The maximum absolute atomic E-state index is 13.7. The second kappa shape index (κ2) is 9.51. The van der Waals surface area contributed by atoms with Gasteiger partial charge in [-0.3, -0.25) is 0 Å². The number of phenols is 2. The molecule has 0 fully saturated rings. The molecule has 0 heterocycles. The summed E-state index contributed by atoms with van der Waals surface area (Å²) in [5.41, 5.74) is -1.10. The average Bonchev–Trinajstić information content (AvgIpc) is 2.82. The molecular weight excluding hydrogens is 458 g/mol. The van der Waals surface area contributed by atoms with Crippen molar-refractivity contribution < 1.29 is 36.6 Å². The van der Waals surface area contributed by atoms with Crippen LogP contribution in [0.1, 0.15) is 40.3 Å². The van der Waals surface area contributed by atoms with Gasteiger partial charge < -0.3 is 10.2 Å². The molecule has 0 saturated carbocycles. The third-order valence-electron chi connectivity index (χ3n) is 5.64. The molecule has 176 valence electrons. The van der Waals surface area contributed by atoms with E-state index in [4.69, 9.17) is 0 Å². The van der Waals surface area contributed by atoms with Gasteiger partial charge in [0.05, 0.1) is 0 Å². The molecule has 3 aromatic carbocycles. The third kappa shape index (κ3) is 4.44. The van der Waals surface area contributed by atoms with Gasteiger partial charge in [-0.1, -0.05) is 61.2 Å². The Morgan fingerprint density at radius 2 is 1.12 bits per heavy atom. The summed E-state index contributed by atoms with van der Waals surface area (Å²) in [5.74, 6) is -4.73. The zero-order chi connectivity index (χ0) is 25.2. The van der Waals surface area contributed by atoms with Crippen molar-refractivity contribution in [1.82, 2.24) is 0 Å². The van der Waals surface area contributed by atoms with Gasteiger partial charge in [-0.05, 0) is 30.2 Å². The maximum atomic E-state index is 13.7. The average molecular weight is 476 g/mol. The van der Waals surface area contributed by atoms with Crippen LogP contribution in [0.15, 0.2) is 79.4 Å². The first-order chi connectivity index (χ1) is 16.0. The normalized spacial score (nSPS) is 11.1. The van der Waals surface area contributed by atoms with Crippen molar-refractivity contribution in [3.8, 4) is 11.5 Å². The lowest BCUT2D eigenvalue weighted by Crippen LogP contribution is -2.26. The Labute approximate surface area is 191 Å². The molecule has 34 heavy (non-hydrogen) atoms. The zero-order valence-corrected chi connectivity index (χ0v) is 17.7. The van der Waals surface area contributed by atoms with Crippen LogP contribution in [0.2, 0.25) is 0 Å². The van der Waals surface area contributed by atoms with Gasteiger partial charge >= 0.3 is 12.2 Å². The van der Waals surface area contributed by atoms with Gasteiger partial charge in [-0.2, -0.15) is 17.6 Å². The fourth-order valence-electron chi connectivity index (χ4n) is 3.81. The predicted molar refractivity (Wildman–Crippen MR) is 119 cm³/mol. The molecule has 2 nitrogen and oxygen atoms in total. The van der Waals surface area contributed by atoms with Gasteiger partial charge in [0.1, 0.15) is 11.5 Å². The molecule has 0 saturated heterocycles. The van der Waals surface area contributed by atoms with Crippen molar-refractivity contribution >= 4 is 17.7 Å². The van der Waals surface area contributed by atoms with E-state index < -0.39 is 51.9 Å². The Morgan fingerprint density at radius 3 is 1.44 bits per heavy atom. The maximum Gasteiger partial charge on any atom is 0.306 e. The van der Waals surface area contributed by atoms with Gasteiger partial charge in [0.15, 0.2) is 11.7 Å². The Bertz CT molecular complexity index is 1230. The van der Waals surface area contributed by atoms with Crippen molar-refractivity contribution in [1.29, 1.82) is 0 Å². The predicted octanol–water partition coefficient (Wildman–Crippen LogP) is 8.16. The highest BCUT2D eigenvalue weighted by Gasteiger charge is 2.36. The number of phenolic OH excluding ortho intramolecular Hbond substituents is 2. The Hall–Kier alpha value is -3.94. The van der Waals surface area contributed by atoms with Crippen molar-refractivity contribution in [2.75, 3.05) is 0 Å². The van der Waals surface area contributed by atoms with Gasteiger partial charge in [0, 0.05) is 27.7 Å². The highest BCUT2D eigenvalue weighted by atomic mass is 19.3. The molecular formula is C26H18F6O2. The first-order valence-electron chi connectivity index (χ1n) is 9.83. The van der Waals surface area contributed by atoms with Crippen LogP contribution < -0.4 is 0 Å². The quantitative estimate of drug-likeness (QED) is 0.278. The first kappa shape index (κ1) is 24.7. The minimum atomic E-state index is -2.56. The number of hydrogen-bond acceptors (Lipinski definition) is 2. The lowest BCUT2D eigenvalue weighted by atomic mass is 9.70. The molecule has 0 aliphatic carbocycles. The lowest BCUT2D eigenvalue weighted by Gasteiger charge is -2.33. The molecule has 2 N–H and O–H groups in total. The van der Waals surface area contributed by atoms with Gasteiger partial charge in [-0.15, -0.1) is 0 Å². The van der Waals surface area contributed by atoms with Crippen molar-refractivity contribution in [3.63, 3.8) is 0 Å². The van der Waals surface area contributed by atoms with Crippen LogP contribution in [0.3, 0.4) is 0 Å². The lowest BCUT2D eigenvalue weighted by molar-refractivity contribution is 0.409. The van der Waals surface area contributed by atoms with Crippen molar-refractivity contribution in [3.05, 3.63) is 113 Å². The van der Waals surface area contributed by atoms with Gasteiger partial charge in [0.25, 0.3) is 0 Å². The van der Waals surface area contributed by atoms with Gasteiger partial charge in [0.2, 0.25) is 0 Å². The third-order valence-corrected chi connectivity index (χ3v) is 5.64. The summed E-state index contributed by atoms with van der Waals surface area (Å²) in [5, 5.41) is 21.4. The number of aromatic hydroxyl groups is 2. The largest absolute Gasteiger partial charge is 0.508 e. The summed E-state index contributed by atoms with van der Waals surface area (Å²) in [4.78, 5) is 0. The van der Waals surface area contributed by atoms with E-state index in [0.717, 1.165) is 29.8 Å². The molecule has 8 heteroatoms. The number of hydrogen-bond donors (Lipinski definition) is 2. The molecule has 0 aliphatic rings. The summed E-state index contributed by atoms with van der Waals surface area (Å²) in [6.07, 6.45) is -3.53. The molecule has 0 atom stereocenters. The fraction of sp³-hybridized carbons (Fsp3) is 0.0769. The Kier molecular flexibility index (Phi) is 6.91. The van der Waals surface area contributed by atoms with Crippen LogP contribution >= 0.6 is 0 Å². The van der Waals surface area contributed by atoms with Crippen molar-refractivity contribution in [2.45, 2.75) is 12.3 Å². The molecule has 0 spiro atoms. The van der Waals surface area contributed by atoms with E-state index in [1.807, 2.05) is 0 Å². The Morgan fingerprint density at radius 1 is 0.706 bits per heavy atom. The Balaban J connectivity index is 2.30. The number of benzene rings is 3. The van der Waals surface area contributed by atoms with E-state index in [2.05, 4.69) is 6.58 Å². The number of halogens is 6. The van der Waals surface area contributed by atoms with Crippen LogP contribution in [0, 0.1) is 0 Å². The topological polar surface area (TPSA) is 40.5 Å². The van der Waals surface area contributed by atoms with E-state index in [9.17, 15) is 36.6 Å². The minimum Gasteiger partial charge on any atom is -0.508 e. The zero-order valence-electron chi connectivity index (χ0n) is 17.7. The second-order valence-corrected chi connectivity index (χ2v) is 7.56. The van der Waals surface area contributed by atoms with Crippen LogP contribution in [0.25, 0.3) is 17.7 Å². The monoisotopic (exact) mass is 476 g/mol. The molecule has 0 bridgehead atoms. The summed E-state index contributed by atoms with van der Waals surface area (Å²) in [6, 6.07) is 12.8. The molecule has 0 aliphatic heterocycles. The van der Waals surface area contributed by atoms with E-state index in [1.54, 1.807) is 37.3 Å². The summed E-state index contributed by atoms with van der Waals surface area (Å²) >= 11 is 0. The molecule has 0 amide bonds. The van der Waals surface area contributed by atoms with E-state index >= 15 is 0 Å².